The van der Waals surface area contributed by atoms with Gasteiger partial charge >= 0.3 is 18.4 Å². The molecular formula is C21H18F6N4O. The third kappa shape index (κ3) is 5.59. The van der Waals surface area contributed by atoms with Gasteiger partial charge in [0.2, 0.25) is 0 Å². The van der Waals surface area contributed by atoms with Crippen LogP contribution in [0, 0.1) is 0 Å². The number of nitrogens with zero attached hydrogens (tertiary/aromatic N) is 1. The maximum Gasteiger partial charge on any atom is 0.416 e. The highest BCUT2D eigenvalue weighted by atomic mass is 19.4. The molecule has 170 valence electrons. The first-order valence-corrected chi connectivity index (χ1v) is 9.36. The van der Waals surface area contributed by atoms with Gasteiger partial charge < -0.3 is 10.6 Å². The minimum atomic E-state index is -5.01. The Morgan fingerprint density at radius 1 is 0.875 bits per heavy atom. The molecule has 2 amide bonds. The Morgan fingerprint density at radius 2 is 1.47 bits per heavy atom. The Hall–Kier alpha value is -3.50. The maximum absolute atomic E-state index is 13.0. The zero-order chi connectivity index (χ0) is 23.7. The predicted molar refractivity (Wildman–Crippen MR) is 107 cm³/mol. The summed E-state index contributed by atoms with van der Waals surface area (Å²) in [7, 11) is 0. The van der Waals surface area contributed by atoms with Crippen molar-refractivity contribution in [2.75, 3.05) is 10.6 Å². The van der Waals surface area contributed by atoms with Gasteiger partial charge in [-0.1, -0.05) is 26.0 Å². The molecule has 0 radical (unpaired) electrons. The summed E-state index contributed by atoms with van der Waals surface area (Å²) in [6.07, 6.45) is -10.0. The summed E-state index contributed by atoms with van der Waals surface area (Å²) in [6.45, 7) is 3.97. The number of alkyl halides is 6. The smallest absolute Gasteiger partial charge is 0.308 e. The number of urea groups is 1. The minimum absolute atomic E-state index is 0.0121. The molecule has 2 aromatic carbocycles. The second-order valence-electron chi connectivity index (χ2n) is 7.32. The summed E-state index contributed by atoms with van der Waals surface area (Å²) in [5.41, 5.74) is -1.24. The van der Waals surface area contributed by atoms with E-state index >= 15 is 0 Å². The topological polar surface area (TPSA) is 69.8 Å². The predicted octanol–water partition coefficient (Wildman–Crippen LogP) is 6.88. The molecule has 32 heavy (non-hydrogen) atoms. The summed E-state index contributed by atoms with van der Waals surface area (Å²) in [5.74, 6) is 0.220. The molecule has 0 spiro atoms. The molecule has 0 aliphatic rings. The summed E-state index contributed by atoms with van der Waals surface area (Å²) in [5, 5.41) is 11.5. The molecule has 1 aromatic heterocycles. The van der Waals surface area contributed by atoms with Crippen molar-refractivity contribution < 1.29 is 31.1 Å². The van der Waals surface area contributed by atoms with Crippen molar-refractivity contribution in [3.8, 4) is 11.3 Å². The fourth-order valence-electron chi connectivity index (χ4n) is 2.86. The van der Waals surface area contributed by atoms with Crippen molar-refractivity contribution in [1.29, 1.82) is 0 Å². The third-order valence-corrected chi connectivity index (χ3v) is 4.48. The molecule has 3 aromatic rings. The molecule has 0 aliphatic heterocycles. The summed E-state index contributed by atoms with van der Waals surface area (Å²) >= 11 is 0. The quantitative estimate of drug-likeness (QED) is 0.375. The number of hydrogen-bond acceptors (Lipinski definition) is 2. The van der Waals surface area contributed by atoms with Crippen LogP contribution in [0.25, 0.3) is 11.3 Å². The van der Waals surface area contributed by atoms with Gasteiger partial charge in [-0.05, 0) is 42.3 Å². The molecule has 1 heterocycles. The zero-order valence-corrected chi connectivity index (χ0v) is 16.8. The number of halogens is 6. The van der Waals surface area contributed by atoms with Gasteiger partial charge in [-0.2, -0.15) is 31.4 Å². The summed E-state index contributed by atoms with van der Waals surface area (Å²) in [6, 6.07) is 8.16. The van der Waals surface area contributed by atoms with Crippen molar-refractivity contribution in [3.05, 3.63) is 65.4 Å². The van der Waals surface area contributed by atoms with Gasteiger partial charge in [0.25, 0.3) is 0 Å². The number of amides is 2. The highest BCUT2D eigenvalue weighted by Crippen LogP contribution is 2.37. The Bertz CT molecular complexity index is 1090. The largest absolute Gasteiger partial charge is 0.416 e. The van der Waals surface area contributed by atoms with E-state index in [0.717, 1.165) is 5.69 Å². The van der Waals surface area contributed by atoms with Crippen molar-refractivity contribution >= 4 is 17.4 Å². The third-order valence-electron chi connectivity index (χ3n) is 4.48. The van der Waals surface area contributed by atoms with Crippen molar-refractivity contribution in [2.24, 2.45) is 0 Å². The van der Waals surface area contributed by atoms with Gasteiger partial charge in [-0.15, -0.1) is 0 Å². The fraction of sp³-hybridized carbons (Fsp3) is 0.238. The first-order valence-electron chi connectivity index (χ1n) is 9.36. The van der Waals surface area contributed by atoms with Crippen LogP contribution in [-0.2, 0) is 12.4 Å². The van der Waals surface area contributed by atoms with Crippen LogP contribution < -0.4 is 10.6 Å². The molecule has 0 bridgehead atoms. The number of aromatic amines is 1. The molecule has 5 nitrogen and oxygen atoms in total. The number of anilines is 2. The molecule has 0 unspecified atom stereocenters. The summed E-state index contributed by atoms with van der Waals surface area (Å²) < 4.78 is 77.8. The molecule has 0 saturated heterocycles. The van der Waals surface area contributed by atoms with E-state index in [1.54, 1.807) is 18.2 Å². The van der Waals surface area contributed by atoms with Crippen LogP contribution in [0.2, 0.25) is 0 Å². The Balaban J connectivity index is 1.80. The van der Waals surface area contributed by atoms with Crippen molar-refractivity contribution in [1.82, 2.24) is 10.2 Å². The van der Waals surface area contributed by atoms with E-state index in [4.69, 9.17) is 0 Å². The Kier molecular flexibility index (Phi) is 6.20. The van der Waals surface area contributed by atoms with E-state index in [-0.39, 0.29) is 17.7 Å². The van der Waals surface area contributed by atoms with Gasteiger partial charge in [0.1, 0.15) is 0 Å². The lowest BCUT2D eigenvalue weighted by Crippen LogP contribution is -2.20. The number of aromatic nitrogens is 2. The molecule has 0 aliphatic carbocycles. The van der Waals surface area contributed by atoms with E-state index in [1.165, 1.54) is 6.07 Å². The second kappa shape index (κ2) is 8.56. The number of nitrogens with one attached hydrogen (secondary N) is 3. The first-order chi connectivity index (χ1) is 14.8. The van der Waals surface area contributed by atoms with Crippen LogP contribution in [0.5, 0.6) is 0 Å². The number of rotatable bonds is 4. The SMILES string of the molecule is CC(C)c1cc(-c2cccc(NC(=O)Nc3cc(C(F)(F)F)cc(C(F)(F)F)c3)c2)n[nH]1. The van der Waals surface area contributed by atoms with Crippen LogP contribution in [-0.4, -0.2) is 16.2 Å². The molecule has 3 rings (SSSR count). The highest BCUT2D eigenvalue weighted by molar-refractivity contribution is 6.00. The van der Waals surface area contributed by atoms with Crippen LogP contribution in [0.15, 0.2) is 48.5 Å². The number of carbonyl (C=O) groups is 1. The van der Waals surface area contributed by atoms with Crippen LogP contribution in [0.4, 0.5) is 42.5 Å². The molecular weight excluding hydrogens is 438 g/mol. The zero-order valence-electron chi connectivity index (χ0n) is 16.8. The van der Waals surface area contributed by atoms with Crippen LogP contribution >= 0.6 is 0 Å². The number of hydrogen-bond donors (Lipinski definition) is 3. The first kappa shape index (κ1) is 23.2. The van der Waals surface area contributed by atoms with Crippen molar-refractivity contribution in [2.45, 2.75) is 32.1 Å². The van der Waals surface area contributed by atoms with Gasteiger partial charge in [0.15, 0.2) is 0 Å². The van der Waals surface area contributed by atoms with Crippen LogP contribution in [0.1, 0.15) is 36.6 Å². The summed E-state index contributed by atoms with van der Waals surface area (Å²) in [4.78, 5) is 12.2. The molecule has 3 N–H and O–H groups in total. The Morgan fingerprint density at radius 3 is 2.00 bits per heavy atom. The maximum atomic E-state index is 13.0. The fourth-order valence-corrected chi connectivity index (χ4v) is 2.86. The number of benzene rings is 2. The van der Waals surface area contributed by atoms with Gasteiger partial charge in [-0.25, -0.2) is 4.79 Å². The lowest BCUT2D eigenvalue weighted by molar-refractivity contribution is -0.143. The van der Waals surface area contributed by atoms with Crippen LogP contribution in [0.3, 0.4) is 0 Å². The molecule has 11 heteroatoms. The Labute approximate surface area is 178 Å². The second-order valence-corrected chi connectivity index (χ2v) is 7.32. The standard InChI is InChI=1S/C21H18F6N4O/c1-11(2)17-10-18(31-30-17)12-4-3-5-15(6-12)28-19(32)29-16-8-13(20(22,23)24)7-14(9-16)21(25,26)27/h3-11H,1-2H3,(H,30,31)(H2,28,29,32). The molecule has 0 saturated carbocycles. The van der Waals surface area contributed by atoms with Crippen molar-refractivity contribution in [3.63, 3.8) is 0 Å². The van der Waals surface area contributed by atoms with E-state index in [2.05, 4.69) is 15.5 Å². The average Bonchev–Trinajstić information content (AvgIpc) is 3.17. The monoisotopic (exact) mass is 456 g/mol. The van der Waals surface area contributed by atoms with Gasteiger partial charge in [-0.3, -0.25) is 5.10 Å². The average molecular weight is 456 g/mol. The molecule has 0 fully saturated rings. The van der Waals surface area contributed by atoms with Gasteiger partial charge in [0.05, 0.1) is 16.8 Å². The van der Waals surface area contributed by atoms with E-state index in [1.807, 2.05) is 25.2 Å². The minimum Gasteiger partial charge on any atom is -0.308 e. The van der Waals surface area contributed by atoms with Gasteiger partial charge in [0, 0.05) is 22.6 Å². The lowest BCUT2D eigenvalue weighted by Gasteiger charge is -2.15. The molecule has 0 atom stereocenters. The van der Waals surface area contributed by atoms with E-state index in [9.17, 15) is 31.1 Å². The van der Waals surface area contributed by atoms with E-state index in [0.29, 0.717) is 23.4 Å². The number of carbonyl (C=O) groups excluding carboxylic acids is 1. The normalized spacial score (nSPS) is 12.2. The lowest BCUT2D eigenvalue weighted by atomic mass is 10.1. The number of H-pyrrole nitrogens is 1. The highest BCUT2D eigenvalue weighted by Gasteiger charge is 2.37. The van der Waals surface area contributed by atoms with E-state index < -0.39 is 35.2 Å².